The molecule has 0 amide bonds. The predicted octanol–water partition coefficient (Wildman–Crippen LogP) is 0.278. The third-order valence-electron chi connectivity index (χ3n) is 1.51. The topological polar surface area (TPSA) is 78.9 Å². The van der Waals surface area contributed by atoms with E-state index in [9.17, 15) is 13.2 Å². The summed E-state index contributed by atoms with van der Waals surface area (Å²) in [6.07, 6.45) is -0.967. The molecular weight excluding hydrogens is 212 g/mol. The molecule has 1 heterocycles. The molecule has 0 aliphatic carbocycles. The minimum absolute atomic E-state index is 0.0342. The third kappa shape index (κ3) is 3.51. The number of ether oxygens (including phenoxy) is 2. The summed E-state index contributed by atoms with van der Waals surface area (Å²) in [6.45, 7) is 1.91. The van der Waals surface area contributed by atoms with Crippen molar-refractivity contribution in [2.45, 2.75) is 19.4 Å². The molecule has 0 radical (unpaired) electrons. The van der Waals surface area contributed by atoms with Crippen molar-refractivity contribution >= 4 is 16.3 Å². The van der Waals surface area contributed by atoms with Crippen LogP contribution >= 0.6 is 0 Å². The lowest BCUT2D eigenvalue weighted by Crippen LogP contribution is -2.24. The molecule has 0 aromatic heterocycles. The van der Waals surface area contributed by atoms with E-state index < -0.39 is 22.4 Å². The van der Waals surface area contributed by atoms with Crippen molar-refractivity contribution in [2.24, 2.45) is 0 Å². The Hall–Kier alpha value is -0.820. The molecule has 0 saturated carbocycles. The number of carbonyl (C=O) groups is 1. The van der Waals surface area contributed by atoms with E-state index in [0.29, 0.717) is 6.42 Å². The molecule has 82 valence electrons. The van der Waals surface area contributed by atoms with Gasteiger partial charge in [-0.05, 0) is 6.42 Å². The molecule has 1 atom stereocenters. The van der Waals surface area contributed by atoms with Crippen molar-refractivity contribution in [3.8, 4) is 0 Å². The van der Waals surface area contributed by atoms with Crippen LogP contribution in [0.1, 0.15) is 13.3 Å². The fourth-order valence-corrected chi connectivity index (χ4v) is 2.07. The largest absolute Gasteiger partial charge is 0.508 e. The quantitative estimate of drug-likeness (QED) is 0.493. The van der Waals surface area contributed by atoms with Gasteiger partial charge in [0.2, 0.25) is 0 Å². The van der Waals surface area contributed by atoms with Crippen molar-refractivity contribution in [1.82, 2.24) is 0 Å². The zero-order valence-electron chi connectivity index (χ0n) is 7.76. The summed E-state index contributed by atoms with van der Waals surface area (Å²) in [7, 11) is -3.61. The second-order valence-electron chi connectivity index (χ2n) is 2.85. The first kappa shape index (κ1) is 11.3. The summed E-state index contributed by atoms with van der Waals surface area (Å²) in [5, 5.41) is 0. The lowest BCUT2D eigenvalue weighted by Gasteiger charge is -2.06. The molecule has 0 aromatic rings. The zero-order chi connectivity index (χ0) is 10.6. The highest BCUT2D eigenvalue weighted by molar-refractivity contribution is 7.86. The summed E-state index contributed by atoms with van der Waals surface area (Å²) in [4.78, 5) is 10.5. The van der Waals surface area contributed by atoms with E-state index in [4.69, 9.17) is 0 Å². The van der Waals surface area contributed by atoms with Gasteiger partial charge in [0.1, 0.15) is 12.4 Å². The Balaban J connectivity index is 2.39. The van der Waals surface area contributed by atoms with Gasteiger partial charge in [0.15, 0.2) is 6.10 Å². The first-order valence-electron chi connectivity index (χ1n) is 4.24. The maximum atomic E-state index is 11.2. The van der Waals surface area contributed by atoms with Gasteiger partial charge in [-0.1, -0.05) is 6.92 Å². The minimum atomic E-state index is -3.61. The summed E-state index contributed by atoms with van der Waals surface area (Å²) in [5.74, 6) is -0.348. The standard InChI is InChI=1S/C7H12O6S/c1-2-3-12-14(9,10)5-6-4-11-7(8)13-6/h6H,2-5H2,1H3. The molecular formula is C7H12O6S. The highest BCUT2D eigenvalue weighted by atomic mass is 32.2. The van der Waals surface area contributed by atoms with Crippen molar-refractivity contribution in [3.63, 3.8) is 0 Å². The molecule has 0 spiro atoms. The molecule has 1 rings (SSSR count). The van der Waals surface area contributed by atoms with E-state index >= 15 is 0 Å². The number of hydrogen-bond donors (Lipinski definition) is 0. The molecule has 1 aliphatic rings. The van der Waals surface area contributed by atoms with Crippen LogP contribution in [0.4, 0.5) is 4.79 Å². The van der Waals surface area contributed by atoms with Gasteiger partial charge in [-0.25, -0.2) is 4.79 Å². The van der Waals surface area contributed by atoms with E-state index in [1.54, 1.807) is 6.92 Å². The maximum Gasteiger partial charge on any atom is 0.508 e. The predicted molar refractivity (Wildman–Crippen MR) is 46.3 cm³/mol. The molecule has 7 heteroatoms. The van der Waals surface area contributed by atoms with E-state index in [-0.39, 0.29) is 19.0 Å². The Bertz CT molecular complexity index is 295. The normalized spacial score (nSPS) is 21.8. The SMILES string of the molecule is CCCOS(=O)(=O)CC1COC(=O)O1. The summed E-state index contributed by atoms with van der Waals surface area (Å²) in [5.41, 5.74) is 0. The molecule has 0 aromatic carbocycles. The van der Waals surface area contributed by atoms with Crippen molar-refractivity contribution in [3.05, 3.63) is 0 Å². The Morgan fingerprint density at radius 2 is 2.29 bits per heavy atom. The summed E-state index contributed by atoms with van der Waals surface area (Å²) >= 11 is 0. The summed E-state index contributed by atoms with van der Waals surface area (Å²) < 4.78 is 36.0. The van der Waals surface area contributed by atoms with Crippen LogP contribution < -0.4 is 0 Å². The number of rotatable bonds is 5. The zero-order valence-corrected chi connectivity index (χ0v) is 8.58. The Morgan fingerprint density at radius 3 is 2.79 bits per heavy atom. The lowest BCUT2D eigenvalue weighted by molar-refractivity contribution is 0.121. The van der Waals surface area contributed by atoms with Gasteiger partial charge in [0, 0.05) is 0 Å². The van der Waals surface area contributed by atoms with E-state index in [2.05, 4.69) is 13.7 Å². The van der Waals surface area contributed by atoms with Crippen LogP contribution in [-0.4, -0.2) is 39.6 Å². The lowest BCUT2D eigenvalue weighted by atomic mass is 10.4. The van der Waals surface area contributed by atoms with Gasteiger partial charge in [-0.2, -0.15) is 8.42 Å². The Kier molecular flexibility index (Phi) is 3.70. The van der Waals surface area contributed by atoms with E-state index in [1.165, 1.54) is 0 Å². The van der Waals surface area contributed by atoms with E-state index in [0.717, 1.165) is 0 Å². The first-order valence-corrected chi connectivity index (χ1v) is 5.82. The maximum absolute atomic E-state index is 11.2. The average molecular weight is 224 g/mol. The minimum Gasteiger partial charge on any atom is -0.430 e. The molecule has 14 heavy (non-hydrogen) atoms. The van der Waals surface area contributed by atoms with Gasteiger partial charge >= 0.3 is 6.16 Å². The van der Waals surface area contributed by atoms with Crippen LogP contribution in [0.2, 0.25) is 0 Å². The average Bonchev–Trinajstić information content (AvgIpc) is 2.47. The molecule has 0 N–H and O–H groups in total. The molecule has 1 saturated heterocycles. The highest BCUT2D eigenvalue weighted by Gasteiger charge is 2.30. The van der Waals surface area contributed by atoms with Gasteiger partial charge in [0.25, 0.3) is 10.1 Å². The van der Waals surface area contributed by atoms with Crippen LogP contribution in [-0.2, 0) is 23.8 Å². The van der Waals surface area contributed by atoms with Crippen molar-refractivity contribution < 1.29 is 26.9 Å². The smallest absolute Gasteiger partial charge is 0.430 e. The second kappa shape index (κ2) is 4.61. The monoisotopic (exact) mass is 224 g/mol. The van der Waals surface area contributed by atoms with Gasteiger partial charge < -0.3 is 9.47 Å². The fourth-order valence-electron chi connectivity index (χ4n) is 0.933. The molecule has 1 aliphatic heterocycles. The van der Waals surface area contributed by atoms with Gasteiger partial charge in [-0.15, -0.1) is 0 Å². The van der Waals surface area contributed by atoms with Crippen LogP contribution in [0.15, 0.2) is 0 Å². The summed E-state index contributed by atoms with van der Waals surface area (Å²) in [6, 6.07) is 0. The molecule has 6 nitrogen and oxygen atoms in total. The number of hydrogen-bond acceptors (Lipinski definition) is 6. The van der Waals surface area contributed by atoms with E-state index in [1.807, 2.05) is 0 Å². The fraction of sp³-hybridized carbons (Fsp3) is 0.857. The van der Waals surface area contributed by atoms with Crippen LogP contribution in [0.5, 0.6) is 0 Å². The van der Waals surface area contributed by atoms with Crippen LogP contribution in [0.3, 0.4) is 0 Å². The highest BCUT2D eigenvalue weighted by Crippen LogP contribution is 2.09. The molecule has 1 fully saturated rings. The van der Waals surface area contributed by atoms with Gasteiger partial charge in [-0.3, -0.25) is 4.18 Å². The molecule has 0 bridgehead atoms. The number of cyclic esters (lactones) is 2. The molecule has 1 unspecified atom stereocenters. The second-order valence-corrected chi connectivity index (χ2v) is 4.53. The van der Waals surface area contributed by atoms with Gasteiger partial charge in [0.05, 0.1) is 6.61 Å². The van der Waals surface area contributed by atoms with Crippen molar-refractivity contribution in [2.75, 3.05) is 19.0 Å². The Morgan fingerprint density at radius 1 is 1.57 bits per heavy atom. The number of carbonyl (C=O) groups excluding carboxylic acids is 1. The first-order chi connectivity index (χ1) is 6.53. The van der Waals surface area contributed by atoms with Crippen LogP contribution in [0.25, 0.3) is 0 Å². The Labute approximate surface area is 82.3 Å². The third-order valence-corrected chi connectivity index (χ3v) is 2.81. The van der Waals surface area contributed by atoms with Crippen LogP contribution in [0, 0.1) is 0 Å². The van der Waals surface area contributed by atoms with Crippen molar-refractivity contribution in [1.29, 1.82) is 0 Å².